The van der Waals surface area contributed by atoms with Crippen molar-refractivity contribution in [2.75, 3.05) is 0 Å². The van der Waals surface area contributed by atoms with Crippen molar-refractivity contribution in [3.05, 3.63) is 95.1 Å². The fourth-order valence-electron chi connectivity index (χ4n) is 3.09. The van der Waals surface area contributed by atoms with Crippen molar-refractivity contribution >= 4 is 5.91 Å². The lowest BCUT2D eigenvalue weighted by atomic mass is 10.1. The Morgan fingerprint density at radius 1 is 0.906 bits per heavy atom. The highest BCUT2D eigenvalue weighted by Gasteiger charge is 2.29. The average molecular weight is 437 g/mol. The van der Waals surface area contributed by atoms with E-state index >= 15 is 0 Å². The van der Waals surface area contributed by atoms with Gasteiger partial charge in [-0.15, -0.1) is 10.2 Å². The summed E-state index contributed by atoms with van der Waals surface area (Å²) in [5.74, 6) is 0.391. The Bertz CT molecular complexity index is 1230. The average Bonchev–Trinajstić information content (AvgIpc) is 3.28. The summed E-state index contributed by atoms with van der Waals surface area (Å²) in [5.41, 5.74) is 2.80. The maximum absolute atomic E-state index is 12.6. The van der Waals surface area contributed by atoms with Gasteiger partial charge in [0.1, 0.15) is 0 Å². The summed E-state index contributed by atoms with van der Waals surface area (Å²) >= 11 is 0. The molecule has 0 spiro atoms. The van der Waals surface area contributed by atoms with Crippen LogP contribution in [-0.2, 0) is 12.7 Å². The predicted octanol–water partition coefficient (Wildman–Crippen LogP) is 5.66. The second-order valence-corrected chi connectivity index (χ2v) is 7.24. The molecule has 5 nitrogen and oxygen atoms in total. The molecule has 0 atom stereocenters. The van der Waals surface area contributed by atoms with Crippen LogP contribution in [0, 0.1) is 6.92 Å². The van der Waals surface area contributed by atoms with Crippen LogP contribution >= 0.6 is 0 Å². The highest BCUT2D eigenvalue weighted by molar-refractivity contribution is 5.94. The maximum atomic E-state index is 12.6. The number of benzene rings is 3. The first-order valence-corrected chi connectivity index (χ1v) is 9.75. The van der Waals surface area contributed by atoms with Crippen LogP contribution in [0.25, 0.3) is 22.9 Å². The Labute approximate surface area is 181 Å². The Morgan fingerprint density at radius 2 is 1.56 bits per heavy atom. The SMILES string of the molecule is Cc1cccc(-c2nnc(-c3ccc(C(=O)NCc4ccc(C(F)(F)F)cc4)cc3)o2)c1. The standard InChI is InChI=1S/C24H18F3N3O2/c1-15-3-2-4-19(13-15)23-30-29-22(32-23)18-9-7-17(8-10-18)21(31)28-14-16-5-11-20(12-6-16)24(25,26)27/h2-13H,14H2,1H3,(H,28,31). The second kappa shape index (κ2) is 8.66. The van der Waals surface area contributed by atoms with Gasteiger partial charge in [0.2, 0.25) is 11.8 Å². The molecule has 3 aromatic carbocycles. The topological polar surface area (TPSA) is 68.0 Å². The summed E-state index contributed by atoms with van der Waals surface area (Å²) in [7, 11) is 0. The molecule has 4 aromatic rings. The van der Waals surface area contributed by atoms with Crippen LogP contribution in [0.5, 0.6) is 0 Å². The van der Waals surface area contributed by atoms with Crippen molar-refractivity contribution in [2.24, 2.45) is 0 Å². The third-order valence-electron chi connectivity index (χ3n) is 4.82. The lowest BCUT2D eigenvalue weighted by molar-refractivity contribution is -0.137. The number of carbonyl (C=O) groups excluding carboxylic acids is 1. The fraction of sp³-hybridized carbons (Fsp3) is 0.125. The van der Waals surface area contributed by atoms with Crippen molar-refractivity contribution in [1.29, 1.82) is 0 Å². The molecule has 4 rings (SSSR count). The molecule has 0 aliphatic carbocycles. The number of rotatable bonds is 5. The van der Waals surface area contributed by atoms with Gasteiger partial charge in [0.15, 0.2) is 0 Å². The van der Waals surface area contributed by atoms with Crippen molar-refractivity contribution in [1.82, 2.24) is 15.5 Å². The number of halogens is 3. The fourth-order valence-corrected chi connectivity index (χ4v) is 3.09. The van der Waals surface area contributed by atoms with Gasteiger partial charge in [-0.3, -0.25) is 4.79 Å². The minimum absolute atomic E-state index is 0.113. The number of hydrogen-bond acceptors (Lipinski definition) is 4. The number of alkyl halides is 3. The van der Waals surface area contributed by atoms with E-state index in [-0.39, 0.29) is 12.5 Å². The van der Waals surface area contributed by atoms with E-state index in [0.717, 1.165) is 23.3 Å². The van der Waals surface area contributed by atoms with Crippen LogP contribution in [0.3, 0.4) is 0 Å². The molecule has 0 saturated carbocycles. The Morgan fingerprint density at radius 3 is 2.19 bits per heavy atom. The first kappa shape index (κ1) is 21.3. The molecule has 1 aromatic heterocycles. The van der Waals surface area contributed by atoms with Gasteiger partial charge < -0.3 is 9.73 Å². The van der Waals surface area contributed by atoms with Gasteiger partial charge in [-0.2, -0.15) is 13.2 Å². The van der Waals surface area contributed by atoms with E-state index in [2.05, 4.69) is 15.5 Å². The zero-order chi connectivity index (χ0) is 22.7. The number of nitrogens with zero attached hydrogens (tertiary/aromatic N) is 2. The van der Waals surface area contributed by atoms with Crippen molar-refractivity contribution in [3.63, 3.8) is 0 Å². The summed E-state index contributed by atoms with van der Waals surface area (Å²) in [6.07, 6.45) is -4.39. The van der Waals surface area contributed by atoms with Gasteiger partial charge >= 0.3 is 6.18 Å². The molecule has 0 radical (unpaired) electrons. The summed E-state index contributed by atoms with van der Waals surface area (Å²) in [5, 5.41) is 10.8. The molecule has 8 heteroatoms. The van der Waals surface area contributed by atoms with Crippen molar-refractivity contribution < 1.29 is 22.4 Å². The van der Waals surface area contributed by atoms with Gasteiger partial charge in [0, 0.05) is 23.2 Å². The molecule has 1 N–H and O–H groups in total. The van der Waals surface area contributed by atoms with E-state index < -0.39 is 11.7 Å². The van der Waals surface area contributed by atoms with Gasteiger partial charge in [0.05, 0.1) is 5.56 Å². The first-order valence-electron chi connectivity index (χ1n) is 9.75. The molecular formula is C24H18F3N3O2. The van der Waals surface area contributed by atoms with Gasteiger partial charge in [0.25, 0.3) is 5.91 Å². The van der Waals surface area contributed by atoms with E-state index in [1.54, 1.807) is 24.3 Å². The van der Waals surface area contributed by atoms with E-state index in [4.69, 9.17) is 4.42 Å². The smallest absolute Gasteiger partial charge is 0.416 e. The second-order valence-electron chi connectivity index (χ2n) is 7.24. The van der Waals surface area contributed by atoms with Crippen LogP contribution in [0.15, 0.2) is 77.2 Å². The van der Waals surface area contributed by atoms with Crippen LogP contribution in [0.2, 0.25) is 0 Å². The van der Waals surface area contributed by atoms with Gasteiger partial charge in [-0.1, -0.05) is 29.8 Å². The Hall–Kier alpha value is -3.94. The Kier molecular flexibility index (Phi) is 5.77. The van der Waals surface area contributed by atoms with Crippen LogP contribution in [0.1, 0.15) is 27.0 Å². The molecule has 0 unspecified atom stereocenters. The molecule has 1 heterocycles. The monoisotopic (exact) mass is 437 g/mol. The molecule has 162 valence electrons. The lowest BCUT2D eigenvalue weighted by Crippen LogP contribution is -2.22. The predicted molar refractivity (Wildman–Crippen MR) is 113 cm³/mol. The van der Waals surface area contributed by atoms with Gasteiger partial charge in [-0.25, -0.2) is 0 Å². The summed E-state index contributed by atoms with van der Waals surface area (Å²) < 4.78 is 43.6. The Balaban J connectivity index is 1.40. The molecule has 0 bridgehead atoms. The molecule has 1 amide bonds. The third-order valence-corrected chi connectivity index (χ3v) is 4.82. The number of amides is 1. The quantitative estimate of drug-likeness (QED) is 0.437. The number of nitrogens with one attached hydrogen (secondary N) is 1. The van der Waals surface area contributed by atoms with E-state index in [1.165, 1.54) is 12.1 Å². The highest BCUT2D eigenvalue weighted by atomic mass is 19.4. The zero-order valence-electron chi connectivity index (χ0n) is 17.0. The van der Waals surface area contributed by atoms with Crippen LogP contribution in [-0.4, -0.2) is 16.1 Å². The summed E-state index contributed by atoms with van der Waals surface area (Å²) in [6.45, 7) is 2.09. The van der Waals surface area contributed by atoms with E-state index in [1.807, 2.05) is 31.2 Å². The minimum atomic E-state index is -4.39. The summed E-state index contributed by atoms with van der Waals surface area (Å²) in [4.78, 5) is 12.4. The normalized spacial score (nSPS) is 11.4. The molecule has 0 aliphatic heterocycles. The summed E-state index contributed by atoms with van der Waals surface area (Å²) in [6, 6.07) is 19.0. The number of hydrogen-bond donors (Lipinski definition) is 1. The molecule has 32 heavy (non-hydrogen) atoms. The van der Waals surface area contributed by atoms with Gasteiger partial charge in [-0.05, 0) is 61.0 Å². The zero-order valence-corrected chi connectivity index (χ0v) is 17.0. The largest absolute Gasteiger partial charge is 0.416 e. The lowest BCUT2D eigenvalue weighted by Gasteiger charge is -2.09. The van der Waals surface area contributed by atoms with E-state index in [9.17, 15) is 18.0 Å². The van der Waals surface area contributed by atoms with Crippen molar-refractivity contribution in [3.8, 4) is 22.9 Å². The molecular weight excluding hydrogens is 419 g/mol. The molecule has 0 saturated heterocycles. The third kappa shape index (κ3) is 4.85. The van der Waals surface area contributed by atoms with Crippen LogP contribution < -0.4 is 5.32 Å². The highest BCUT2D eigenvalue weighted by Crippen LogP contribution is 2.29. The van der Waals surface area contributed by atoms with Crippen LogP contribution in [0.4, 0.5) is 13.2 Å². The number of carbonyl (C=O) groups is 1. The van der Waals surface area contributed by atoms with Crippen molar-refractivity contribution in [2.45, 2.75) is 19.6 Å². The first-order chi connectivity index (χ1) is 15.3. The van der Waals surface area contributed by atoms with E-state index in [0.29, 0.717) is 28.5 Å². The molecule has 0 fully saturated rings. The minimum Gasteiger partial charge on any atom is -0.416 e. The maximum Gasteiger partial charge on any atom is 0.416 e. The number of aryl methyl sites for hydroxylation is 1. The number of aromatic nitrogens is 2. The molecule has 0 aliphatic rings.